The average molecular weight is 292 g/mol. The molecule has 0 saturated heterocycles. The number of carboxylic acid groups (broad SMARTS) is 1. The van der Waals surface area contributed by atoms with Crippen LogP contribution in [-0.4, -0.2) is 54.3 Å². The first-order valence-corrected chi connectivity index (χ1v) is 7.06. The van der Waals surface area contributed by atoms with Crippen LogP contribution in [0.1, 0.15) is 19.8 Å². The number of carbonyl (C=O) groups excluding carboxylic acids is 2. The molecule has 0 aromatic heterocycles. The molecule has 0 bridgehead atoms. The SMILES string of the molecule is COC(=O)CC[C@@H](NC(=O)NCC(C)SC)C(=O)O. The van der Waals surface area contributed by atoms with Crippen molar-refractivity contribution >= 4 is 29.7 Å². The zero-order chi connectivity index (χ0) is 14.8. The Morgan fingerprint density at radius 3 is 2.47 bits per heavy atom. The van der Waals surface area contributed by atoms with Gasteiger partial charge in [-0.15, -0.1) is 0 Å². The first-order chi connectivity index (χ1) is 8.90. The molecule has 2 atom stereocenters. The normalized spacial score (nSPS) is 13.2. The third-order valence-corrected chi connectivity index (χ3v) is 3.39. The largest absolute Gasteiger partial charge is 0.480 e. The van der Waals surface area contributed by atoms with Crippen LogP contribution in [0.15, 0.2) is 0 Å². The molecule has 0 spiro atoms. The lowest BCUT2D eigenvalue weighted by molar-refractivity contribution is -0.142. The number of amides is 2. The fraction of sp³-hybridized carbons (Fsp3) is 0.727. The Balaban J connectivity index is 4.15. The van der Waals surface area contributed by atoms with Crippen LogP contribution in [0.4, 0.5) is 4.79 Å². The maximum Gasteiger partial charge on any atom is 0.326 e. The van der Waals surface area contributed by atoms with Gasteiger partial charge < -0.3 is 20.5 Å². The molecule has 0 radical (unpaired) electrons. The van der Waals surface area contributed by atoms with Crippen LogP contribution < -0.4 is 10.6 Å². The van der Waals surface area contributed by atoms with E-state index in [1.54, 1.807) is 11.8 Å². The number of aliphatic carboxylic acids is 1. The van der Waals surface area contributed by atoms with Crippen LogP contribution >= 0.6 is 11.8 Å². The van der Waals surface area contributed by atoms with E-state index in [9.17, 15) is 14.4 Å². The first-order valence-electron chi connectivity index (χ1n) is 5.77. The van der Waals surface area contributed by atoms with Crippen molar-refractivity contribution in [3.05, 3.63) is 0 Å². The summed E-state index contributed by atoms with van der Waals surface area (Å²) >= 11 is 1.59. The summed E-state index contributed by atoms with van der Waals surface area (Å²) in [5.41, 5.74) is 0. The number of carboxylic acids is 1. The van der Waals surface area contributed by atoms with Crippen molar-refractivity contribution in [2.24, 2.45) is 0 Å². The molecule has 19 heavy (non-hydrogen) atoms. The standard InChI is InChI=1S/C11H20N2O5S/c1-7(19-3)6-12-11(17)13-8(10(15)16)4-5-9(14)18-2/h7-8H,4-6H2,1-3H3,(H,15,16)(H2,12,13,17)/t7?,8-/m1/s1. The second-order valence-electron chi connectivity index (χ2n) is 3.91. The summed E-state index contributed by atoms with van der Waals surface area (Å²) in [7, 11) is 1.22. The molecule has 110 valence electrons. The number of carbonyl (C=O) groups is 3. The van der Waals surface area contributed by atoms with Crippen LogP contribution in [0.5, 0.6) is 0 Å². The van der Waals surface area contributed by atoms with Gasteiger partial charge in [0.1, 0.15) is 6.04 Å². The molecule has 0 aromatic rings. The Hall–Kier alpha value is -1.44. The lowest BCUT2D eigenvalue weighted by Gasteiger charge is -2.16. The molecule has 3 N–H and O–H groups in total. The Morgan fingerprint density at radius 1 is 1.37 bits per heavy atom. The highest BCUT2D eigenvalue weighted by atomic mass is 32.2. The van der Waals surface area contributed by atoms with E-state index in [4.69, 9.17) is 5.11 Å². The number of ether oxygens (including phenoxy) is 1. The van der Waals surface area contributed by atoms with Gasteiger partial charge in [-0.2, -0.15) is 11.8 Å². The summed E-state index contributed by atoms with van der Waals surface area (Å²) in [6.07, 6.45) is 1.85. The number of methoxy groups -OCH3 is 1. The monoisotopic (exact) mass is 292 g/mol. The van der Waals surface area contributed by atoms with Gasteiger partial charge in [0.2, 0.25) is 0 Å². The van der Waals surface area contributed by atoms with E-state index in [1.807, 2.05) is 13.2 Å². The molecular formula is C11H20N2O5S. The summed E-state index contributed by atoms with van der Waals surface area (Å²) in [5, 5.41) is 14.1. The molecule has 0 heterocycles. The molecule has 0 aliphatic carbocycles. The zero-order valence-corrected chi connectivity index (χ0v) is 12.1. The molecule has 0 aliphatic rings. The minimum absolute atomic E-state index is 0.00644. The lowest BCUT2D eigenvalue weighted by atomic mass is 10.1. The third-order valence-electron chi connectivity index (χ3n) is 2.42. The van der Waals surface area contributed by atoms with Gasteiger partial charge in [0, 0.05) is 18.2 Å². The van der Waals surface area contributed by atoms with Crippen LogP contribution in [-0.2, 0) is 14.3 Å². The molecule has 0 aliphatic heterocycles. The molecular weight excluding hydrogens is 272 g/mol. The summed E-state index contributed by atoms with van der Waals surface area (Å²) in [5.74, 6) is -1.69. The van der Waals surface area contributed by atoms with Gasteiger partial charge in [-0.05, 0) is 12.7 Å². The van der Waals surface area contributed by atoms with Gasteiger partial charge in [-0.25, -0.2) is 9.59 Å². The number of nitrogens with one attached hydrogen (secondary N) is 2. The first kappa shape index (κ1) is 17.6. The third kappa shape index (κ3) is 8.30. The second-order valence-corrected chi connectivity index (χ2v) is 5.18. The van der Waals surface area contributed by atoms with Gasteiger partial charge >= 0.3 is 18.0 Å². The molecule has 0 rings (SSSR count). The number of esters is 1. The predicted molar refractivity (Wildman–Crippen MR) is 72.2 cm³/mol. The summed E-state index contributed by atoms with van der Waals surface area (Å²) < 4.78 is 4.42. The molecule has 2 amide bonds. The van der Waals surface area contributed by atoms with Gasteiger partial charge in [0.05, 0.1) is 7.11 Å². The summed E-state index contributed by atoms with van der Waals surface area (Å²) in [6.45, 7) is 2.38. The Bertz CT molecular complexity index is 324. The van der Waals surface area contributed by atoms with Crippen molar-refractivity contribution in [2.75, 3.05) is 19.9 Å². The number of urea groups is 1. The average Bonchev–Trinajstić information content (AvgIpc) is 2.39. The molecule has 8 heteroatoms. The summed E-state index contributed by atoms with van der Waals surface area (Å²) in [4.78, 5) is 33.3. The molecule has 1 unspecified atom stereocenters. The molecule has 0 fully saturated rings. The van der Waals surface area contributed by atoms with Crippen molar-refractivity contribution in [3.8, 4) is 0 Å². The van der Waals surface area contributed by atoms with Gasteiger partial charge in [-0.3, -0.25) is 4.79 Å². The number of hydrogen-bond donors (Lipinski definition) is 3. The van der Waals surface area contributed by atoms with Crippen molar-refractivity contribution in [3.63, 3.8) is 0 Å². The zero-order valence-electron chi connectivity index (χ0n) is 11.3. The Kier molecular flexibility index (Phi) is 8.77. The maximum atomic E-state index is 11.5. The topological polar surface area (TPSA) is 105 Å². The molecule has 0 aromatic carbocycles. The van der Waals surface area contributed by atoms with E-state index in [-0.39, 0.29) is 18.1 Å². The van der Waals surface area contributed by atoms with Crippen LogP contribution in [0, 0.1) is 0 Å². The van der Waals surface area contributed by atoms with Crippen molar-refractivity contribution < 1.29 is 24.2 Å². The van der Waals surface area contributed by atoms with Crippen LogP contribution in [0.3, 0.4) is 0 Å². The fourth-order valence-electron chi connectivity index (χ4n) is 1.15. The van der Waals surface area contributed by atoms with Crippen LogP contribution in [0.25, 0.3) is 0 Å². The van der Waals surface area contributed by atoms with Crippen molar-refractivity contribution in [2.45, 2.75) is 31.1 Å². The number of hydrogen-bond acceptors (Lipinski definition) is 5. The van der Waals surface area contributed by atoms with E-state index >= 15 is 0 Å². The highest BCUT2D eigenvalue weighted by molar-refractivity contribution is 7.99. The molecule has 0 saturated carbocycles. The maximum absolute atomic E-state index is 11.5. The van der Waals surface area contributed by atoms with E-state index in [0.29, 0.717) is 6.54 Å². The van der Waals surface area contributed by atoms with Gasteiger partial charge in [0.25, 0.3) is 0 Å². The van der Waals surface area contributed by atoms with E-state index in [2.05, 4.69) is 15.4 Å². The smallest absolute Gasteiger partial charge is 0.326 e. The Morgan fingerprint density at radius 2 is 2.00 bits per heavy atom. The van der Waals surface area contributed by atoms with Gasteiger partial charge in [0.15, 0.2) is 0 Å². The number of thioether (sulfide) groups is 1. The lowest BCUT2D eigenvalue weighted by Crippen LogP contribution is -2.47. The van der Waals surface area contributed by atoms with Crippen molar-refractivity contribution in [1.82, 2.24) is 10.6 Å². The van der Waals surface area contributed by atoms with Crippen molar-refractivity contribution in [1.29, 1.82) is 0 Å². The van der Waals surface area contributed by atoms with E-state index in [1.165, 1.54) is 7.11 Å². The van der Waals surface area contributed by atoms with Crippen LogP contribution in [0.2, 0.25) is 0 Å². The highest BCUT2D eigenvalue weighted by Crippen LogP contribution is 2.03. The quantitative estimate of drug-likeness (QED) is 0.561. The van der Waals surface area contributed by atoms with Gasteiger partial charge in [-0.1, -0.05) is 6.92 Å². The minimum atomic E-state index is -1.18. The van der Waals surface area contributed by atoms with E-state index < -0.39 is 24.0 Å². The highest BCUT2D eigenvalue weighted by Gasteiger charge is 2.21. The fourth-order valence-corrected chi connectivity index (χ4v) is 1.40. The number of rotatable bonds is 8. The van der Waals surface area contributed by atoms with E-state index in [0.717, 1.165) is 0 Å². The Labute approximate surface area is 116 Å². The summed E-state index contributed by atoms with van der Waals surface area (Å²) in [6, 6.07) is -1.66. The second kappa shape index (κ2) is 9.48. The minimum Gasteiger partial charge on any atom is -0.480 e. The molecule has 7 nitrogen and oxygen atoms in total. The predicted octanol–water partition coefficient (Wildman–Crippen LogP) is 0.444.